The van der Waals surface area contributed by atoms with Gasteiger partial charge in [-0.3, -0.25) is 4.79 Å². The maximum atomic E-state index is 11.7. The number of hydrogen-bond donors (Lipinski definition) is 0. The third-order valence-corrected chi connectivity index (χ3v) is 3.39. The van der Waals surface area contributed by atoms with Crippen LogP contribution in [-0.4, -0.2) is 24.9 Å². The summed E-state index contributed by atoms with van der Waals surface area (Å²) in [5, 5.41) is 0. The molecular formula is C11H21NO. The Balaban J connectivity index is 2.50. The van der Waals surface area contributed by atoms with Gasteiger partial charge in [0.15, 0.2) is 0 Å². The summed E-state index contributed by atoms with van der Waals surface area (Å²) < 4.78 is 0. The van der Waals surface area contributed by atoms with Crippen molar-refractivity contribution in [3.8, 4) is 0 Å². The van der Waals surface area contributed by atoms with E-state index in [0.29, 0.717) is 17.7 Å². The first-order valence-corrected chi connectivity index (χ1v) is 5.23. The van der Waals surface area contributed by atoms with Crippen LogP contribution in [0.5, 0.6) is 0 Å². The number of amides is 1. The summed E-state index contributed by atoms with van der Waals surface area (Å²) in [6.07, 6.45) is 3.38. The predicted molar refractivity (Wildman–Crippen MR) is 54.4 cm³/mol. The zero-order valence-corrected chi connectivity index (χ0v) is 9.21. The summed E-state index contributed by atoms with van der Waals surface area (Å²) in [6.45, 7) is 4.56. The minimum Gasteiger partial charge on any atom is -0.349 e. The van der Waals surface area contributed by atoms with Gasteiger partial charge in [0.2, 0.25) is 5.91 Å². The van der Waals surface area contributed by atoms with E-state index in [9.17, 15) is 4.79 Å². The van der Waals surface area contributed by atoms with Crippen molar-refractivity contribution >= 4 is 5.91 Å². The largest absolute Gasteiger partial charge is 0.349 e. The molecule has 2 nitrogen and oxygen atoms in total. The van der Waals surface area contributed by atoms with E-state index >= 15 is 0 Å². The highest BCUT2D eigenvalue weighted by atomic mass is 16.2. The first-order chi connectivity index (χ1) is 6.02. The summed E-state index contributed by atoms with van der Waals surface area (Å²) in [6, 6.07) is 0. The second kappa shape index (κ2) is 4.12. The number of nitrogens with zero attached hydrogens (tertiary/aromatic N) is 1. The Hall–Kier alpha value is -0.530. The highest BCUT2D eigenvalue weighted by Gasteiger charge is 2.29. The highest BCUT2D eigenvalue weighted by molar-refractivity contribution is 5.78. The molecule has 1 amide bonds. The van der Waals surface area contributed by atoms with Crippen LogP contribution in [0.2, 0.25) is 0 Å². The van der Waals surface area contributed by atoms with Crippen LogP contribution in [0.1, 0.15) is 33.1 Å². The van der Waals surface area contributed by atoms with Crippen molar-refractivity contribution in [2.75, 3.05) is 14.1 Å². The molecule has 1 fully saturated rings. The van der Waals surface area contributed by atoms with Gasteiger partial charge in [-0.25, -0.2) is 0 Å². The van der Waals surface area contributed by atoms with Gasteiger partial charge in [0.25, 0.3) is 0 Å². The van der Waals surface area contributed by atoms with Crippen LogP contribution in [0.15, 0.2) is 0 Å². The van der Waals surface area contributed by atoms with Crippen molar-refractivity contribution in [3.05, 3.63) is 0 Å². The van der Waals surface area contributed by atoms with Gasteiger partial charge in [-0.05, 0) is 31.1 Å². The summed E-state index contributed by atoms with van der Waals surface area (Å²) in [5.41, 5.74) is 0. The van der Waals surface area contributed by atoms with Crippen molar-refractivity contribution in [2.45, 2.75) is 33.1 Å². The summed E-state index contributed by atoms with van der Waals surface area (Å²) >= 11 is 0. The quantitative estimate of drug-likeness (QED) is 0.610. The summed E-state index contributed by atoms with van der Waals surface area (Å²) in [4.78, 5) is 13.4. The molecular weight excluding hydrogens is 162 g/mol. The Kier molecular flexibility index (Phi) is 3.34. The van der Waals surface area contributed by atoms with Gasteiger partial charge < -0.3 is 4.90 Å². The fourth-order valence-corrected chi connectivity index (χ4v) is 2.14. The first-order valence-electron chi connectivity index (χ1n) is 5.23. The summed E-state index contributed by atoms with van der Waals surface area (Å²) in [5.74, 6) is 2.12. The molecule has 3 unspecified atom stereocenters. The van der Waals surface area contributed by atoms with Gasteiger partial charge in [0.05, 0.1) is 0 Å². The number of carbonyl (C=O) groups is 1. The van der Waals surface area contributed by atoms with Crippen LogP contribution in [-0.2, 0) is 4.79 Å². The van der Waals surface area contributed by atoms with E-state index in [1.165, 1.54) is 6.42 Å². The molecule has 0 saturated heterocycles. The van der Waals surface area contributed by atoms with Crippen LogP contribution < -0.4 is 0 Å². The minimum absolute atomic E-state index is 0.293. The van der Waals surface area contributed by atoms with Crippen LogP contribution >= 0.6 is 0 Å². The monoisotopic (exact) mass is 183 g/mol. The summed E-state index contributed by atoms with van der Waals surface area (Å²) in [7, 11) is 3.70. The molecule has 0 aromatic heterocycles. The standard InChI is InChI=1S/C11H21NO/c1-8-5-6-10(7-9(8)2)11(13)12(3)4/h8-10H,5-7H2,1-4H3. The van der Waals surface area contributed by atoms with Crippen molar-refractivity contribution in [1.29, 1.82) is 0 Å². The molecule has 13 heavy (non-hydrogen) atoms. The van der Waals surface area contributed by atoms with E-state index in [1.54, 1.807) is 4.90 Å². The number of carbonyl (C=O) groups excluding carboxylic acids is 1. The minimum atomic E-state index is 0.293. The Bertz CT molecular complexity index is 189. The van der Waals surface area contributed by atoms with E-state index in [0.717, 1.165) is 18.8 Å². The Morgan fingerprint density at radius 1 is 1.15 bits per heavy atom. The van der Waals surface area contributed by atoms with Gasteiger partial charge in [-0.2, -0.15) is 0 Å². The van der Waals surface area contributed by atoms with E-state index in [4.69, 9.17) is 0 Å². The fraction of sp³-hybridized carbons (Fsp3) is 0.909. The number of hydrogen-bond acceptors (Lipinski definition) is 1. The van der Waals surface area contributed by atoms with Gasteiger partial charge >= 0.3 is 0 Å². The lowest BCUT2D eigenvalue weighted by Gasteiger charge is -2.32. The molecule has 1 rings (SSSR count). The molecule has 1 aliphatic rings. The van der Waals surface area contributed by atoms with Gasteiger partial charge in [0.1, 0.15) is 0 Å². The molecule has 1 aliphatic carbocycles. The SMILES string of the molecule is CC1CCC(C(=O)N(C)C)CC1C. The molecule has 0 heterocycles. The van der Waals surface area contributed by atoms with E-state index in [-0.39, 0.29) is 0 Å². The third kappa shape index (κ3) is 2.45. The van der Waals surface area contributed by atoms with Gasteiger partial charge in [-0.15, -0.1) is 0 Å². The van der Waals surface area contributed by atoms with Crippen LogP contribution in [0, 0.1) is 17.8 Å². The first kappa shape index (κ1) is 10.6. The molecule has 0 N–H and O–H groups in total. The molecule has 76 valence electrons. The van der Waals surface area contributed by atoms with Gasteiger partial charge in [0, 0.05) is 20.0 Å². The lowest BCUT2D eigenvalue weighted by atomic mass is 9.75. The smallest absolute Gasteiger partial charge is 0.225 e. The average molecular weight is 183 g/mol. The van der Waals surface area contributed by atoms with Crippen molar-refractivity contribution in [3.63, 3.8) is 0 Å². The topological polar surface area (TPSA) is 20.3 Å². The molecule has 0 radical (unpaired) electrons. The molecule has 0 aliphatic heterocycles. The predicted octanol–water partition coefficient (Wildman–Crippen LogP) is 2.15. The van der Waals surface area contributed by atoms with E-state index in [2.05, 4.69) is 13.8 Å². The van der Waals surface area contributed by atoms with Crippen molar-refractivity contribution in [2.24, 2.45) is 17.8 Å². The van der Waals surface area contributed by atoms with Crippen molar-refractivity contribution < 1.29 is 4.79 Å². The van der Waals surface area contributed by atoms with E-state index in [1.807, 2.05) is 14.1 Å². The Morgan fingerprint density at radius 2 is 1.77 bits per heavy atom. The van der Waals surface area contributed by atoms with Crippen molar-refractivity contribution in [1.82, 2.24) is 4.90 Å². The Morgan fingerprint density at radius 3 is 2.23 bits per heavy atom. The van der Waals surface area contributed by atoms with Crippen LogP contribution in [0.4, 0.5) is 0 Å². The number of rotatable bonds is 1. The molecule has 0 aromatic rings. The zero-order valence-electron chi connectivity index (χ0n) is 9.21. The average Bonchev–Trinajstić information content (AvgIpc) is 2.08. The van der Waals surface area contributed by atoms with Crippen LogP contribution in [0.25, 0.3) is 0 Å². The molecule has 3 atom stereocenters. The molecule has 1 saturated carbocycles. The molecule has 2 heteroatoms. The third-order valence-electron chi connectivity index (χ3n) is 3.39. The fourth-order valence-electron chi connectivity index (χ4n) is 2.14. The van der Waals surface area contributed by atoms with Crippen LogP contribution in [0.3, 0.4) is 0 Å². The second-order valence-corrected chi connectivity index (χ2v) is 4.70. The molecule has 0 aromatic carbocycles. The normalized spacial score (nSPS) is 34.3. The maximum absolute atomic E-state index is 11.7. The van der Waals surface area contributed by atoms with E-state index < -0.39 is 0 Å². The lowest BCUT2D eigenvalue weighted by molar-refractivity contribution is -0.134. The molecule has 0 bridgehead atoms. The Labute approximate surface area is 81.3 Å². The molecule has 0 spiro atoms. The maximum Gasteiger partial charge on any atom is 0.225 e. The highest BCUT2D eigenvalue weighted by Crippen LogP contribution is 2.33. The zero-order chi connectivity index (χ0) is 10.0. The lowest BCUT2D eigenvalue weighted by Crippen LogP contribution is -2.34. The van der Waals surface area contributed by atoms with Gasteiger partial charge in [-0.1, -0.05) is 13.8 Å². The second-order valence-electron chi connectivity index (χ2n) is 4.70.